The van der Waals surface area contributed by atoms with Crippen LogP contribution >= 0.6 is 0 Å². The van der Waals surface area contributed by atoms with Gasteiger partial charge in [0, 0.05) is 12.8 Å². The summed E-state index contributed by atoms with van der Waals surface area (Å²) in [5.41, 5.74) is 0.627. The number of nitrogens with zero attached hydrogens (tertiary/aromatic N) is 1. The molecule has 0 aromatic heterocycles. The summed E-state index contributed by atoms with van der Waals surface area (Å²) >= 11 is 0. The van der Waals surface area contributed by atoms with Crippen LogP contribution in [0.2, 0.25) is 0 Å². The number of imide groups is 1. The summed E-state index contributed by atoms with van der Waals surface area (Å²) in [7, 11) is 1.54. The summed E-state index contributed by atoms with van der Waals surface area (Å²) in [5.74, 6) is 0.189. The van der Waals surface area contributed by atoms with Crippen LogP contribution in [0.25, 0.3) is 0 Å². The molecule has 1 heterocycles. The van der Waals surface area contributed by atoms with Crippen molar-refractivity contribution in [3.05, 3.63) is 29.8 Å². The first-order valence-corrected chi connectivity index (χ1v) is 5.77. The highest BCUT2D eigenvalue weighted by Crippen LogP contribution is 2.22. The molecule has 1 N–H and O–H groups in total. The number of benzene rings is 1. The molecule has 1 aliphatic rings. The van der Waals surface area contributed by atoms with E-state index in [9.17, 15) is 14.7 Å². The van der Waals surface area contributed by atoms with E-state index in [-0.39, 0.29) is 31.2 Å². The highest BCUT2D eigenvalue weighted by Gasteiger charge is 2.30. The van der Waals surface area contributed by atoms with Crippen LogP contribution in [0.3, 0.4) is 0 Å². The van der Waals surface area contributed by atoms with Gasteiger partial charge in [0.15, 0.2) is 0 Å². The van der Waals surface area contributed by atoms with Crippen LogP contribution < -0.4 is 4.74 Å². The standard InChI is InChI=1S/C13H15NO4/c1-18-10-4-2-3-9(7-10)11(15)8-14-12(16)5-6-13(14)17/h2-4,7,11,15H,5-6,8H2,1H3. The van der Waals surface area contributed by atoms with Gasteiger partial charge in [0.1, 0.15) is 5.75 Å². The number of aliphatic hydroxyl groups is 1. The van der Waals surface area contributed by atoms with Crippen LogP contribution in [-0.4, -0.2) is 35.5 Å². The Hall–Kier alpha value is -1.88. The molecule has 1 aromatic carbocycles. The van der Waals surface area contributed by atoms with E-state index in [1.54, 1.807) is 31.4 Å². The fraction of sp³-hybridized carbons (Fsp3) is 0.385. The van der Waals surface area contributed by atoms with Crippen LogP contribution in [-0.2, 0) is 9.59 Å². The SMILES string of the molecule is COc1cccc(C(O)CN2C(=O)CCC2=O)c1. The highest BCUT2D eigenvalue weighted by molar-refractivity contribution is 6.01. The van der Waals surface area contributed by atoms with Gasteiger partial charge in [0.25, 0.3) is 0 Å². The Morgan fingerprint density at radius 3 is 2.61 bits per heavy atom. The molecule has 0 aliphatic carbocycles. The Labute approximate surface area is 105 Å². The smallest absolute Gasteiger partial charge is 0.229 e. The van der Waals surface area contributed by atoms with E-state index in [4.69, 9.17) is 4.74 Å². The Kier molecular flexibility index (Phi) is 3.62. The number of hydrogen-bond donors (Lipinski definition) is 1. The molecule has 1 unspecified atom stereocenters. The van der Waals surface area contributed by atoms with Crippen molar-refractivity contribution in [3.8, 4) is 5.75 Å². The van der Waals surface area contributed by atoms with E-state index >= 15 is 0 Å². The fourth-order valence-electron chi connectivity index (χ4n) is 1.95. The lowest BCUT2D eigenvalue weighted by molar-refractivity contribution is -0.140. The second-order valence-corrected chi connectivity index (χ2v) is 4.19. The zero-order valence-corrected chi connectivity index (χ0v) is 10.1. The first-order valence-electron chi connectivity index (χ1n) is 5.77. The molecule has 1 aromatic rings. The maximum absolute atomic E-state index is 11.4. The van der Waals surface area contributed by atoms with Gasteiger partial charge in [-0.3, -0.25) is 14.5 Å². The van der Waals surface area contributed by atoms with Gasteiger partial charge in [0.2, 0.25) is 11.8 Å². The molecule has 96 valence electrons. The lowest BCUT2D eigenvalue weighted by Gasteiger charge is -2.19. The maximum atomic E-state index is 11.4. The van der Waals surface area contributed by atoms with Gasteiger partial charge in [-0.2, -0.15) is 0 Å². The number of aliphatic hydroxyl groups excluding tert-OH is 1. The van der Waals surface area contributed by atoms with Gasteiger partial charge < -0.3 is 9.84 Å². The molecule has 1 saturated heterocycles. The summed E-state index contributed by atoms with van der Waals surface area (Å²) in [4.78, 5) is 24.0. The van der Waals surface area contributed by atoms with Gasteiger partial charge >= 0.3 is 0 Å². The molecular weight excluding hydrogens is 234 g/mol. The monoisotopic (exact) mass is 249 g/mol. The number of methoxy groups -OCH3 is 1. The average Bonchev–Trinajstić information content (AvgIpc) is 2.70. The van der Waals surface area contributed by atoms with Gasteiger partial charge in [0.05, 0.1) is 19.8 Å². The molecule has 5 heteroatoms. The van der Waals surface area contributed by atoms with Crippen molar-refractivity contribution < 1.29 is 19.4 Å². The minimum atomic E-state index is -0.883. The summed E-state index contributed by atoms with van der Waals surface area (Å²) < 4.78 is 5.06. The fourth-order valence-corrected chi connectivity index (χ4v) is 1.95. The summed E-state index contributed by atoms with van der Waals surface area (Å²) in [6, 6.07) is 6.95. The predicted octanol–water partition coefficient (Wildman–Crippen LogP) is 0.878. The van der Waals surface area contributed by atoms with Crippen molar-refractivity contribution in [1.29, 1.82) is 0 Å². The summed E-state index contributed by atoms with van der Waals surface area (Å²) in [5, 5.41) is 10.0. The van der Waals surface area contributed by atoms with Crippen LogP contribution in [0.1, 0.15) is 24.5 Å². The number of amides is 2. The molecule has 0 bridgehead atoms. The van der Waals surface area contributed by atoms with E-state index in [2.05, 4.69) is 0 Å². The van der Waals surface area contributed by atoms with E-state index < -0.39 is 6.10 Å². The molecular formula is C13H15NO4. The number of hydrogen-bond acceptors (Lipinski definition) is 4. The molecule has 2 rings (SSSR count). The largest absolute Gasteiger partial charge is 0.497 e. The molecule has 1 fully saturated rings. The van der Waals surface area contributed by atoms with Crippen LogP contribution in [0.5, 0.6) is 5.75 Å². The Balaban J connectivity index is 2.09. The zero-order valence-electron chi connectivity index (χ0n) is 10.1. The molecule has 5 nitrogen and oxygen atoms in total. The topological polar surface area (TPSA) is 66.8 Å². The van der Waals surface area contributed by atoms with Crippen molar-refractivity contribution in [2.75, 3.05) is 13.7 Å². The molecule has 0 spiro atoms. The van der Waals surface area contributed by atoms with Crippen molar-refractivity contribution >= 4 is 11.8 Å². The predicted molar refractivity (Wildman–Crippen MR) is 63.9 cm³/mol. The minimum absolute atomic E-state index is 0.00480. The third-order valence-corrected chi connectivity index (χ3v) is 2.99. The van der Waals surface area contributed by atoms with E-state index in [1.807, 2.05) is 0 Å². The van der Waals surface area contributed by atoms with E-state index in [1.165, 1.54) is 0 Å². The van der Waals surface area contributed by atoms with Crippen LogP contribution in [0.4, 0.5) is 0 Å². The van der Waals surface area contributed by atoms with Gasteiger partial charge in [-0.1, -0.05) is 12.1 Å². The van der Waals surface area contributed by atoms with Crippen molar-refractivity contribution in [2.24, 2.45) is 0 Å². The van der Waals surface area contributed by atoms with Gasteiger partial charge in [-0.05, 0) is 17.7 Å². The Morgan fingerprint density at radius 1 is 1.33 bits per heavy atom. The first-order chi connectivity index (χ1) is 8.61. The third kappa shape index (κ3) is 2.51. The number of carbonyl (C=O) groups is 2. The van der Waals surface area contributed by atoms with E-state index in [0.717, 1.165) is 4.90 Å². The number of ether oxygens (including phenoxy) is 1. The summed E-state index contributed by atoms with van der Waals surface area (Å²) in [6.07, 6.45) is -0.404. The lowest BCUT2D eigenvalue weighted by Crippen LogP contribution is -2.33. The number of rotatable bonds is 4. The third-order valence-electron chi connectivity index (χ3n) is 2.99. The Morgan fingerprint density at radius 2 is 2.00 bits per heavy atom. The van der Waals surface area contributed by atoms with Crippen LogP contribution in [0.15, 0.2) is 24.3 Å². The Bertz CT molecular complexity index is 456. The number of carbonyl (C=O) groups excluding carboxylic acids is 2. The lowest BCUT2D eigenvalue weighted by atomic mass is 10.1. The second-order valence-electron chi connectivity index (χ2n) is 4.19. The van der Waals surface area contributed by atoms with Gasteiger partial charge in [-0.25, -0.2) is 0 Å². The molecule has 18 heavy (non-hydrogen) atoms. The molecule has 0 saturated carbocycles. The molecule has 2 amide bonds. The quantitative estimate of drug-likeness (QED) is 0.804. The van der Waals surface area contributed by atoms with Crippen LogP contribution in [0, 0.1) is 0 Å². The second kappa shape index (κ2) is 5.18. The molecule has 0 radical (unpaired) electrons. The van der Waals surface area contributed by atoms with Crippen molar-refractivity contribution in [1.82, 2.24) is 4.90 Å². The van der Waals surface area contributed by atoms with E-state index in [0.29, 0.717) is 11.3 Å². The van der Waals surface area contributed by atoms with Gasteiger partial charge in [-0.15, -0.1) is 0 Å². The molecule has 1 atom stereocenters. The average molecular weight is 249 g/mol. The number of likely N-dealkylation sites (tertiary alicyclic amines) is 1. The minimum Gasteiger partial charge on any atom is -0.497 e. The first kappa shape index (κ1) is 12.6. The maximum Gasteiger partial charge on any atom is 0.229 e. The van der Waals surface area contributed by atoms with Crippen molar-refractivity contribution in [2.45, 2.75) is 18.9 Å². The zero-order chi connectivity index (χ0) is 13.1. The number of β-amino-alcohol motifs (C(OH)–C–C–N with tert-alkyl or cyclic N) is 1. The van der Waals surface area contributed by atoms with Crippen molar-refractivity contribution in [3.63, 3.8) is 0 Å². The summed E-state index contributed by atoms with van der Waals surface area (Å²) in [6.45, 7) is 0.00480. The normalized spacial score (nSPS) is 17.1. The highest BCUT2D eigenvalue weighted by atomic mass is 16.5. The molecule has 1 aliphatic heterocycles.